The molecule has 0 saturated carbocycles. The van der Waals surface area contributed by atoms with E-state index in [4.69, 9.17) is 14.2 Å². The molecule has 0 aliphatic carbocycles. The zero-order chi connectivity index (χ0) is 14.3. The van der Waals surface area contributed by atoms with Crippen LogP contribution in [0.3, 0.4) is 0 Å². The SMILES string of the molecule is COc1cc(-c2nc(C)c(C)c(=O)[nH]2)cc2c1OCO2. The number of nitrogens with zero attached hydrogens (tertiary/aromatic N) is 1. The maximum atomic E-state index is 11.8. The van der Waals surface area contributed by atoms with Crippen molar-refractivity contribution in [2.24, 2.45) is 0 Å². The molecule has 0 bridgehead atoms. The van der Waals surface area contributed by atoms with E-state index in [0.717, 1.165) is 0 Å². The Morgan fingerprint density at radius 2 is 2.10 bits per heavy atom. The highest BCUT2D eigenvalue weighted by atomic mass is 16.7. The zero-order valence-electron chi connectivity index (χ0n) is 11.4. The van der Waals surface area contributed by atoms with Gasteiger partial charge in [0.15, 0.2) is 11.5 Å². The number of hydrogen-bond acceptors (Lipinski definition) is 5. The van der Waals surface area contributed by atoms with Crippen LogP contribution < -0.4 is 19.8 Å². The highest BCUT2D eigenvalue weighted by Gasteiger charge is 2.21. The molecule has 0 atom stereocenters. The lowest BCUT2D eigenvalue weighted by atomic mass is 10.1. The van der Waals surface area contributed by atoms with E-state index in [1.165, 1.54) is 0 Å². The molecule has 1 aromatic carbocycles. The van der Waals surface area contributed by atoms with Crippen LogP contribution in [-0.4, -0.2) is 23.9 Å². The van der Waals surface area contributed by atoms with Gasteiger partial charge in [0.05, 0.1) is 7.11 Å². The Balaban J connectivity index is 2.18. The minimum atomic E-state index is -0.149. The smallest absolute Gasteiger partial charge is 0.254 e. The Morgan fingerprint density at radius 3 is 2.80 bits per heavy atom. The molecule has 0 saturated heterocycles. The van der Waals surface area contributed by atoms with Crippen LogP contribution >= 0.6 is 0 Å². The molecule has 2 heterocycles. The molecule has 1 aliphatic heterocycles. The van der Waals surface area contributed by atoms with Crippen LogP contribution in [-0.2, 0) is 0 Å². The minimum absolute atomic E-state index is 0.149. The molecule has 1 N–H and O–H groups in total. The molecule has 1 aromatic heterocycles. The molecule has 0 fully saturated rings. The van der Waals surface area contributed by atoms with Crippen molar-refractivity contribution >= 4 is 0 Å². The van der Waals surface area contributed by atoms with Gasteiger partial charge in [-0.1, -0.05) is 0 Å². The van der Waals surface area contributed by atoms with Crippen LogP contribution in [0.15, 0.2) is 16.9 Å². The molecule has 1 aliphatic rings. The number of nitrogens with one attached hydrogen (secondary N) is 1. The van der Waals surface area contributed by atoms with Crippen LogP contribution in [0.5, 0.6) is 17.2 Å². The fourth-order valence-corrected chi connectivity index (χ4v) is 2.05. The average Bonchev–Trinajstić information content (AvgIpc) is 2.91. The molecule has 6 heteroatoms. The van der Waals surface area contributed by atoms with Crippen LogP contribution in [0.4, 0.5) is 0 Å². The van der Waals surface area contributed by atoms with Crippen molar-refractivity contribution in [3.05, 3.63) is 33.7 Å². The molecule has 0 radical (unpaired) electrons. The van der Waals surface area contributed by atoms with Gasteiger partial charge in [0.25, 0.3) is 5.56 Å². The molecule has 0 unspecified atom stereocenters. The molecular formula is C14H14N2O4. The van der Waals surface area contributed by atoms with Gasteiger partial charge in [-0.2, -0.15) is 0 Å². The molecule has 20 heavy (non-hydrogen) atoms. The van der Waals surface area contributed by atoms with E-state index in [1.807, 2.05) is 0 Å². The summed E-state index contributed by atoms with van der Waals surface area (Å²) in [4.78, 5) is 19.0. The summed E-state index contributed by atoms with van der Waals surface area (Å²) in [6.45, 7) is 3.70. The Hall–Kier alpha value is -2.50. The number of H-pyrrole nitrogens is 1. The molecule has 0 amide bonds. The normalized spacial score (nSPS) is 12.6. The topological polar surface area (TPSA) is 73.4 Å². The summed E-state index contributed by atoms with van der Waals surface area (Å²) >= 11 is 0. The molecule has 2 aromatic rings. The van der Waals surface area contributed by atoms with E-state index in [2.05, 4.69) is 9.97 Å². The van der Waals surface area contributed by atoms with Crippen LogP contribution in [0.25, 0.3) is 11.4 Å². The number of aromatic amines is 1. The fraction of sp³-hybridized carbons (Fsp3) is 0.286. The maximum Gasteiger partial charge on any atom is 0.254 e. The molecule has 3 rings (SSSR count). The van der Waals surface area contributed by atoms with Crippen molar-refractivity contribution in [3.63, 3.8) is 0 Å². The minimum Gasteiger partial charge on any atom is -0.493 e. The van der Waals surface area contributed by atoms with E-state index in [9.17, 15) is 4.79 Å². The van der Waals surface area contributed by atoms with E-state index >= 15 is 0 Å². The van der Waals surface area contributed by atoms with Crippen LogP contribution in [0, 0.1) is 13.8 Å². The maximum absolute atomic E-state index is 11.8. The number of fused-ring (bicyclic) bond motifs is 1. The predicted octanol–water partition coefficient (Wildman–Crippen LogP) is 1.79. The fourth-order valence-electron chi connectivity index (χ4n) is 2.05. The number of ether oxygens (including phenoxy) is 3. The lowest BCUT2D eigenvalue weighted by molar-refractivity contribution is 0.171. The third-order valence-corrected chi connectivity index (χ3v) is 3.33. The Bertz CT molecular complexity index is 737. The first-order chi connectivity index (χ1) is 9.60. The van der Waals surface area contributed by atoms with Gasteiger partial charge in [0, 0.05) is 16.8 Å². The second-order valence-electron chi connectivity index (χ2n) is 4.54. The van der Waals surface area contributed by atoms with E-state index in [0.29, 0.717) is 39.9 Å². The quantitative estimate of drug-likeness (QED) is 0.903. The summed E-state index contributed by atoms with van der Waals surface area (Å²) in [5.41, 5.74) is 1.87. The lowest BCUT2D eigenvalue weighted by Gasteiger charge is -2.09. The van der Waals surface area contributed by atoms with Crippen molar-refractivity contribution in [1.82, 2.24) is 9.97 Å². The summed E-state index contributed by atoms with van der Waals surface area (Å²) in [7, 11) is 1.55. The number of methoxy groups -OCH3 is 1. The number of aromatic nitrogens is 2. The van der Waals surface area contributed by atoms with Crippen molar-refractivity contribution in [1.29, 1.82) is 0 Å². The largest absolute Gasteiger partial charge is 0.493 e. The van der Waals surface area contributed by atoms with Gasteiger partial charge in [-0.25, -0.2) is 4.98 Å². The first-order valence-corrected chi connectivity index (χ1v) is 6.15. The monoisotopic (exact) mass is 274 g/mol. The average molecular weight is 274 g/mol. The second-order valence-corrected chi connectivity index (χ2v) is 4.54. The zero-order valence-corrected chi connectivity index (χ0v) is 11.4. The van der Waals surface area contributed by atoms with Gasteiger partial charge >= 0.3 is 0 Å². The van der Waals surface area contributed by atoms with E-state index in [-0.39, 0.29) is 12.4 Å². The van der Waals surface area contributed by atoms with Gasteiger partial charge < -0.3 is 19.2 Å². The highest BCUT2D eigenvalue weighted by molar-refractivity contribution is 5.67. The Labute approximate surface area is 115 Å². The number of benzene rings is 1. The van der Waals surface area contributed by atoms with Gasteiger partial charge in [0.2, 0.25) is 12.5 Å². The third kappa shape index (κ3) is 1.89. The summed E-state index contributed by atoms with van der Waals surface area (Å²) in [6, 6.07) is 3.54. The Kier molecular flexibility index (Phi) is 2.85. The highest BCUT2D eigenvalue weighted by Crippen LogP contribution is 2.43. The molecule has 104 valence electrons. The summed E-state index contributed by atoms with van der Waals surface area (Å²) < 4.78 is 16.0. The standard InChI is InChI=1S/C14H14N2O4/c1-7-8(2)15-13(16-14(7)17)9-4-10(18-3)12-11(5-9)19-6-20-12/h4-5H,6H2,1-3H3,(H,15,16,17). The van der Waals surface area contributed by atoms with E-state index < -0.39 is 0 Å². The summed E-state index contributed by atoms with van der Waals surface area (Å²) in [5.74, 6) is 2.19. The van der Waals surface area contributed by atoms with Crippen molar-refractivity contribution in [2.75, 3.05) is 13.9 Å². The van der Waals surface area contributed by atoms with Crippen LogP contribution in [0.1, 0.15) is 11.3 Å². The molecule has 6 nitrogen and oxygen atoms in total. The number of aryl methyl sites for hydroxylation is 1. The van der Waals surface area contributed by atoms with Gasteiger partial charge in [0.1, 0.15) is 5.82 Å². The van der Waals surface area contributed by atoms with Crippen molar-refractivity contribution in [2.45, 2.75) is 13.8 Å². The lowest BCUT2D eigenvalue weighted by Crippen LogP contribution is -2.14. The van der Waals surface area contributed by atoms with Gasteiger partial charge in [-0.3, -0.25) is 4.79 Å². The van der Waals surface area contributed by atoms with Crippen molar-refractivity contribution in [3.8, 4) is 28.6 Å². The number of rotatable bonds is 2. The third-order valence-electron chi connectivity index (χ3n) is 3.33. The van der Waals surface area contributed by atoms with E-state index in [1.54, 1.807) is 33.1 Å². The van der Waals surface area contributed by atoms with Gasteiger partial charge in [-0.05, 0) is 26.0 Å². The molecule has 0 spiro atoms. The Morgan fingerprint density at radius 1 is 1.30 bits per heavy atom. The molecular weight excluding hydrogens is 260 g/mol. The first-order valence-electron chi connectivity index (χ1n) is 6.15. The van der Waals surface area contributed by atoms with Gasteiger partial charge in [-0.15, -0.1) is 0 Å². The van der Waals surface area contributed by atoms with Crippen LogP contribution in [0.2, 0.25) is 0 Å². The predicted molar refractivity (Wildman–Crippen MR) is 72.4 cm³/mol. The van der Waals surface area contributed by atoms with Crippen molar-refractivity contribution < 1.29 is 14.2 Å². The number of hydrogen-bond donors (Lipinski definition) is 1. The second kappa shape index (κ2) is 4.56. The first kappa shape index (κ1) is 12.5. The summed E-state index contributed by atoms with van der Waals surface area (Å²) in [6.07, 6.45) is 0. The summed E-state index contributed by atoms with van der Waals surface area (Å²) in [5, 5.41) is 0.